The second-order valence-corrected chi connectivity index (χ2v) is 5.02. The molecular weight excluding hydrogens is 262 g/mol. The summed E-state index contributed by atoms with van der Waals surface area (Å²) < 4.78 is 0. The van der Waals surface area contributed by atoms with Crippen molar-refractivity contribution in [2.75, 3.05) is 13.1 Å². The van der Waals surface area contributed by atoms with E-state index in [1.54, 1.807) is 4.80 Å². The minimum Gasteiger partial charge on any atom is -0.316 e. The van der Waals surface area contributed by atoms with Gasteiger partial charge in [-0.05, 0) is 55.1 Å². The predicted octanol–water partition coefficient (Wildman–Crippen LogP) is 2.21. The Morgan fingerprint density at radius 1 is 1.14 bits per heavy atom. The predicted molar refractivity (Wildman–Crippen MR) is 84.0 cm³/mol. The van der Waals surface area contributed by atoms with E-state index >= 15 is 0 Å². The van der Waals surface area contributed by atoms with Crippen LogP contribution in [0, 0.1) is 0 Å². The summed E-state index contributed by atoms with van der Waals surface area (Å²) in [4.78, 5) is 1.62. The number of hydrogen-bond acceptors (Lipinski definition) is 4. The van der Waals surface area contributed by atoms with Gasteiger partial charge in [0.2, 0.25) is 0 Å². The molecule has 1 N–H and O–H groups in total. The minimum atomic E-state index is 0.688. The zero-order valence-electron chi connectivity index (χ0n) is 12.4. The Morgan fingerprint density at radius 3 is 2.76 bits per heavy atom. The lowest BCUT2D eigenvalue weighted by molar-refractivity contribution is 0.567. The molecule has 112 valence electrons. The first kappa shape index (κ1) is 15.4. The molecule has 0 radical (unpaired) electrons. The summed E-state index contributed by atoms with van der Waals surface area (Å²) in [6, 6.07) is 8.49. The Labute approximate surface area is 126 Å². The highest BCUT2D eigenvalue weighted by Crippen LogP contribution is 2.12. The maximum absolute atomic E-state index is 4.07. The van der Waals surface area contributed by atoms with Gasteiger partial charge in [0.1, 0.15) is 0 Å². The molecule has 0 saturated heterocycles. The van der Waals surface area contributed by atoms with Crippen LogP contribution in [0.4, 0.5) is 0 Å². The highest BCUT2D eigenvalue weighted by atomic mass is 15.6. The molecule has 5 heteroatoms. The van der Waals surface area contributed by atoms with Crippen LogP contribution in [0.5, 0.6) is 0 Å². The Kier molecular flexibility index (Phi) is 6.61. The van der Waals surface area contributed by atoms with Crippen molar-refractivity contribution in [2.45, 2.75) is 32.2 Å². The molecule has 0 aliphatic rings. The van der Waals surface area contributed by atoms with Crippen LogP contribution >= 0.6 is 0 Å². The molecule has 1 aromatic heterocycles. The molecule has 0 fully saturated rings. The maximum atomic E-state index is 4.07. The number of aromatic nitrogens is 4. The van der Waals surface area contributed by atoms with Crippen LogP contribution in [-0.2, 0) is 13.0 Å². The molecule has 0 amide bonds. The molecule has 2 aromatic rings. The molecule has 21 heavy (non-hydrogen) atoms. The van der Waals surface area contributed by atoms with Crippen molar-refractivity contribution in [3.8, 4) is 0 Å². The van der Waals surface area contributed by atoms with Gasteiger partial charge in [-0.2, -0.15) is 4.80 Å². The highest BCUT2D eigenvalue weighted by Gasteiger charge is 2.03. The van der Waals surface area contributed by atoms with E-state index in [9.17, 15) is 0 Å². The van der Waals surface area contributed by atoms with E-state index in [-0.39, 0.29) is 0 Å². The number of tetrazole rings is 1. The van der Waals surface area contributed by atoms with Crippen LogP contribution in [0.2, 0.25) is 0 Å². The smallest absolute Gasteiger partial charge is 0.162 e. The van der Waals surface area contributed by atoms with Crippen LogP contribution in [0.15, 0.2) is 43.2 Å². The van der Waals surface area contributed by atoms with Gasteiger partial charge in [0.15, 0.2) is 6.33 Å². The number of benzene rings is 1. The fourth-order valence-electron chi connectivity index (χ4n) is 2.26. The second kappa shape index (κ2) is 9.02. The molecule has 2 rings (SSSR count). The molecule has 0 unspecified atom stereocenters. The van der Waals surface area contributed by atoms with Gasteiger partial charge in [0.25, 0.3) is 0 Å². The normalized spacial score (nSPS) is 10.7. The monoisotopic (exact) mass is 285 g/mol. The second-order valence-electron chi connectivity index (χ2n) is 5.02. The summed E-state index contributed by atoms with van der Waals surface area (Å²) in [5.41, 5.74) is 2.65. The number of rotatable bonds is 10. The number of unbranched alkanes of at least 4 members (excludes halogenated alkanes) is 1. The fourth-order valence-corrected chi connectivity index (χ4v) is 2.26. The quantitative estimate of drug-likeness (QED) is 0.537. The van der Waals surface area contributed by atoms with Gasteiger partial charge in [-0.25, -0.2) is 0 Å². The van der Waals surface area contributed by atoms with Crippen molar-refractivity contribution in [2.24, 2.45) is 0 Å². The first-order chi connectivity index (χ1) is 10.4. The van der Waals surface area contributed by atoms with Gasteiger partial charge < -0.3 is 5.32 Å². The molecule has 0 spiro atoms. The summed E-state index contributed by atoms with van der Waals surface area (Å²) in [6.45, 7) is 6.50. The number of hydrogen-bond donors (Lipinski definition) is 1. The van der Waals surface area contributed by atoms with Crippen molar-refractivity contribution in [3.05, 3.63) is 54.4 Å². The van der Waals surface area contributed by atoms with Crippen LogP contribution < -0.4 is 5.32 Å². The molecule has 0 saturated carbocycles. The summed E-state index contributed by atoms with van der Waals surface area (Å²) in [6.07, 6.45) is 7.91. The maximum Gasteiger partial charge on any atom is 0.162 e. The molecular formula is C16H23N5. The van der Waals surface area contributed by atoms with E-state index < -0.39 is 0 Å². The van der Waals surface area contributed by atoms with Gasteiger partial charge in [0, 0.05) is 0 Å². The van der Waals surface area contributed by atoms with Crippen LogP contribution in [0.1, 0.15) is 30.4 Å². The van der Waals surface area contributed by atoms with E-state index in [0.717, 1.165) is 25.9 Å². The molecule has 1 aromatic carbocycles. The SMILES string of the molecule is C=CCCNCCCCc1ccccc1Cn1ncnn1. The topological polar surface area (TPSA) is 55.6 Å². The van der Waals surface area contributed by atoms with E-state index in [1.165, 1.54) is 30.3 Å². The summed E-state index contributed by atoms with van der Waals surface area (Å²) in [7, 11) is 0. The molecule has 5 nitrogen and oxygen atoms in total. The third kappa shape index (κ3) is 5.47. The summed E-state index contributed by atoms with van der Waals surface area (Å²) >= 11 is 0. The lowest BCUT2D eigenvalue weighted by atomic mass is 10.0. The molecule has 0 bridgehead atoms. The zero-order chi connectivity index (χ0) is 14.8. The third-order valence-electron chi connectivity index (χ3n) is 3.40. The van der Waals surface area contributed by atoms with Crippen LogP contribution in [0.3, 0.4) is 0 Å². The van der Waals surface area contributed by atoms with Gasteiger partial charge in [-0.1, -0.05) is 30.3 Å². The molecule has 1 heterocycles. The highest BCUT2D eigenvalue weighted by molar-refractivity contribution is 5.27. The van der Waals surface area contributed by atoms with Crippen molar-refractivity contribution >= 4 is 0 Å². The van der Waals surface area contributed by atoms with Crippen molar-refractivity contribution < 1.29 is 0 Å². The lowest BCUT2D eigenvalue weighted by Crippen LogP contribution is -2.16. The first-order valence-electron chi connectivity index (χ1n) is 7.49. The Morgan fingerprint density at radius 2 is 2.00 bits per heavy atom. The molecule has 0 atom stereocenters. The van der Waals surface area contributed by atoms with Crippen molar-refractivity contribution in [1.29, 1.82) is 0 Å². The number of nitrogens with one attached hydrogen (secondary N) is 1. The first-order valence-corrected chi connectivity index (χ1v) is 7.49. The van der Waals surface area contributed by atoms with Crippen LogP contribution in [-0.4, -0.2) is 33.3 Å². The molecule has 0 aliphatic carbocycles. The average molecular weight is 285 g/mol. The summed E-state index contributed by atoms with van der Waals surface area (Å²) in [5.74, 6) is 0. The third-order valence-corrected chi connectivity index (χ3v) is 3.40. The van der Waals surface area contributed by atoms with Crippen molar-refractivity contribution in [3.63, 3.8) is 0 Å². The van der Waals surface area contributed by atoms with Gasteiger partial charge in [0.05, 0.1) is 6.54 Å². The fraction of sp³-hybridized carbons (Fsp3) is 0.438. The molecule has 0 aliphatic heterocycles. The Hall–Kier alpha value is -2.01. The van der Waals surface area contributed by atoms with Gasteiger partial charge in [-0.3, -0.25) is 0 Å². The Balaban J connectivity index is 1.76. The van der Waals surface area contributed by atoms with Crippen LogP contribution in [0.25, 0.3) is 0 Å². The standard InChI is InChI=1S/C16H23N5/c1-2-3-11-17-12-7-6-9-15-8-4-5-10-16(15)13-21-19-14-18-20-21/h2,4-5,8,10,14,17H,1,3,6-7,9,11-13H2. The largest absolute Gasteiger partial charge is 0.316 e. The van der Waals surface area contributed by atoms with E-state index in [2.05, 4.69) is 51.6 Å². The van der Waals surface area contributed by atoms with E-state index in [4.69, 9.17) is 0 Å². The van der Waals surface area contributed by atoms with E-state index in [0.29, 0.717) is 6.54 Å². The lowest BCUT2D eigenvalue weighted by Gasteiger charge is -2.09. The summed E-state index contributed by atoms with van der Waals surface area (Å²) in [5, 5.41) is 15.2. The van der Waals surface area contributed by atoms with Crippen molar-refractivity contribution in [1.82, 2.24) is 25.5 Å². The van der Waals surface area contributed by atoms with Gasteiger partial charge >= 0.3 is 0 Å². The minimum absolute atomic E-state index is 0.688. The average Bonchev–Trinajstić information content (AvgIpc) is 3.01. The number of aryl methyl sites for hydroxylation is 1. The Bertz CT molecular complexity index is 521. The van der Waals surface area contributed by atoms with E-state index in [1.807, 2.05) is 6.08 Å². The zero-order valence-corrected chi connectivity index (χ0v) is 12.4. The number of nitrogens with zero attached hydrogens (tertiary/aromatic N) is 4. The van der Waals surface area contributed by atoms with Gasteiger partial charge in [-0.15, -0.1) is 16.8 Å².